The predicted molar refractivity (Wildman–Crippen MR) is 104 cm³/mol. The first-order valence-electron chi connectivity index (χ1n) is 9.40. The summed E-state index contributed by atoms with van der Waals surface area (Å²) in [7, 11) is 0. The number of carbonyl (C=O) groups is 2. The molecule has 148 valence electrons. The van der Waals surface area contributed by atoms with Crippen LogP contribution < -0.4 is 11.2 Å². The van der Waals surface area contributed by atoms with Crippen LogP contribution in [0.15, 0.2) is 46.1 Å². The van der Waals surface area contributed by atoms with Crippen LogP contribution in [0.2, 0.25) is 0 Å². The van der Waals surface area contributed by atoms with Crippen molar-refractivity contribution in [3.8, 4) is 0 Å². The van der Waals surface area contributed by atoms with Crippen molar-refractivity contribution >= 4 is 11.8 Å². The van der Waals surface area contributed by atoms with E-state index in [1.165, 1.54) is 6.20 Å². The average molecular weight is 384 g/mol. The number of amides is 2. The standard InChI is InChI=1S/C20H24N4O4/c1-2-16-13-23(18(26)10-15-11-21-20(28)22-19(15)27)9-8-17(25)24(16)12-14-6-4-3-5-7-14/h3-7,11,16H,2,8-10,12-13H2,1H3,(H2,21,22,27,28). The molecular weight excluding hydrogens is 360 g/mol. The molecule has 2 heterocycles. The Morgan fingerprint density at radius 2 is 1.93 bits per heavy atom. The maximum Gasteiger partial charge on any atom is 0.325 e. The van der Waals surface area contributed by atoms with Crippen molar-refractivity contribution in [1.29, 1.82) is 0 Å². The summed E-state index contributed by atoms with van der Waals surface area (Å²) >= 11 is 0. The lowest BCUT2D eigenvalue weighted by molar-refractivity contribution is -0.133. The lowest BCUT2D eigenvalue weighted by Crippen LogP contribution is -2.44. The van der Waals surface area contributed by atoms with Crippen molar-refractivity contribution < 1.29 is 9.59 Å². The molecule has 1 atom stereocenters. The van der Waals surface area contributed by atoms with Crippen LogP contribution in [0.1, 0.15) is 30.9 Å². The summed E-state index contributed by atoms with van der Waals surface area (Å²) in [6, 6.07) is 9.69. The molecule has 0 spiro atoms. The highest BCUT2D eigenvalue weighted by atomic mass is 16.2. The summed E-state index contributed by atoms with van der Waals surface area (Å²) < 4.78 is 0. The van der Waals surface area contributed by atoms with Crippen LogP contribution in [0.25, 0.3) is 0 Å². The third-order valence-electron chi connectivity index (χ3n) is 5.05. The molecule has 0 aliphatic carbocycles. The minimum Gasteiger partial charge on any atom is -0.340 e. The Labute approximate surface area is 162 Å². The smallest absolute Gasteiger partial charge is 0.325 e. The molecule has 1 unspecified atom stereocenters. The second-order valence-corrected chi connectivity index (χ2v) is 6.93. The second-order valence-electron chi connectivity index (χ2n) is 6.93. The molecule has 1 aliphatic rings. The lowest BCUT2D eigenvalue weighted by Gasteiger charge is -2.31. The number of aromatic nitrogens is 2. The molecule has 0 saturated carbocycles. The Morgan fingerprint density at radius 1 is 1.18 bits per heavy atom. The van der Waals surface area contributed by atoms with E-state index in [0.29, 0.717) is 19.6 Å². The third-order valence-corrected chi connectivity index (χ3v) is 5.05. The highest BCUT2D eigenvalue weighted by Crippen LogP contribution is 2.18. The third kappa shape index (κ3) is 4.57. The molecule has 8 heteroatoms. The molecule has 0 bridgehead atoms. The van der Waals surface area contributed by atoms with E-state index in [9.17, 15) is 19.2 Å². The first kappa shape index (κ1) is 19.6. The number of hydrogen-bond donors (Lipinski definition) is 2. The Balaban J connectivity index is 1.74. The summed E-state index contributed by atoms with van der Waals surface area (Å²) in [5.74, 6) is -0.210. The molecule has 2 aromatic rings. The van der Waals surface area contributed by atoms with Crippen molar-refractivity contribution in [2.24, 2.45) is 0 Å². The lowest BCUT2D eigenvalue weighted by atomic mass is 10.1. The van der Waals surface area contributed by atoms with Gasteiger partial charge in [-0.1, -0.05) is 37.3 Å². The zero-order chi connectivity index (χ0) is 20.1. The minimum atomic E-state index is -0.607. The summed E-state index contributed by atoms with van der Waals surface area (Å²) in [6.45, 7) is 3.26. The summed E-state index contributed by atoms with van der Waals surface area (Å²) in [5, 5.41) is 0. The molecule has 28 heavy (non-hydrogen) atoms. The van der Waals surface area contributed by atoms with E-state index in [0.717, 1.165) is 12.0 Å². The summed E-state index contributed by atoms with van der Waals surface area (Å²) in [4.78, 5) is 56.4. The molecule has 1 fully saturated rings. The number of rotatable bonds is 5. The van der Waals surface area contributed by atoms with Crippen molar-refractivity contribution in [1.82, 2.24) is 19.8 Å². The van der Waals surface area contributed by atoms with E-state index in [2.05, 4.69) is 9.97 Å². The van der Waals surface area contributed by atoms with Gasteiger partial charge in [-0.05, 0) is 12.0 Å². The van der Waals surface area contributed by atoms with Crippen LogP contribution in [0.5, 0.6) is 0 Å². The van der Waals surface area contributed by atoms with Crippen LogP contribution in [0, 0.1) is 0 Å². The first-order chi connectivity index (χ1) is 13.5. The largest absolute Gasteiger partial charge is 0.340 e. The van der Waals surface area contributed by atoms with Gasteiger partial charge in [-0.25, -0.2) is 4.79 Å². The zero-order valence-electron chi connectivity index (χ0n) is 15.8. The van der Waals surface area contributed by atoms with Crippen LogP contribution >= 0.6 is 0 Å². The molecule has 8 nitrogen and oxygen atoms in total. The number of aromatic amines is 2. The van der Waals surface area contributed by atoms with E-state index < -0.39 is 11.2 Å². The Morgan fingerprint density at radius 3 is 2.61 bits per heavy atom. The highest BCUT2D eigenvalue weighted by molar-refractivity contribution is 5.81. The number of nitrogens with zero attached hydrogens (tertiary/aromatic N) is 2. The molecule has 2 N–H and O–H groups in total. The van der Waals surface area contributed by atoms with Gasteiger partial charge >= 0.3 is 5.69 Å². The van der Waals surface area contributed by atoms with Gasteiger partial charge in [0.25, 0.3) is 5.56 Å². The van der Waals surface area contributed by atoms with Gasteiger partial charge in [0.1, 0.15) is 0 Å². The highest BCUT2D eigenvalue weighted by Gasteiger charge is 2.30. The van der Waals surface area contributed by atoms with Crippen LogP contribution in [0.4, 0.5) is 0 Å². The Kier molecular flexibility index (Phi) is 6.08. The topological polar surface area (TPSA) is 106 Å². The molecular formula is C20H24N4O4. The van der Waals surface area contributed by atoms with Crippen LogP contribution in [0.3, 0.4) is 0 Å². The molecule has 1 aromatic heterocycles. The van der Waals surface area contributed by atoms with Crippen molar-refractivity contribution in [2.75, 3.05) is 13.1 Å². The number of hydrogen-bond acceptors (Lipinski definition) is 4. The Hall–Kier alpha value is -3.16. The van der Waals surface area contributed by atoms with Gasteiger partial charge in [-0.2, -0.15) is 0 Å². The van der Waals surface area contributed by atoms with Gasteiger partial charge in [0.15, 0.2) is 0 Å². The second kappa shape index (κ2) is 8.69. The molecule has 1 aliphatic heterocycles. The molecule has 2 amide bonds. The maximum atomic E-state index is 12.7. The van der Waals surface area contributed by atoms with E-state index in [4.69, 9.17) is 0 Å². The van der Waals surface area contributed by atoms with Gasteiger partial charge < -0.3 is 14.8 Å². The minimum absolute atomic E-state index is 0.0212. The van der Waals surface area contributed by atoms with E-state index in [1.807, 2.05) is 42.2 Å². The van der Waals surface area contributed by atoms with Crippen molar-refractivity contribution in [3.05, 3.63) is 68.5 Å². The van der Waals surface area contributed by atoms with E-state index in [1.54, 1.807) is 4.90 Å². The molecule has 1 aromatic carbocycles. The van der Waals surface area contributed by atoms with Gasteiger partial charge in [-0.3, -0.25) is 19.4 Å². The number of H-pyrrole nitrogens is 2. The molecule has 3 rings (SSSR count). The maximum absolute atomic E-state index is 12.7. The fourth-order valence-corrected chi connectivity index (χ4v) is 3.44. The normalized spacial score (nSPS) is 17.5. The zero-order valence-corrected chi connectivity index (χ0v) is 15.8. The fourth-order valence-electron chi connectivity index (χ4n) is 3.44. The van der Waals surface area contributed by atoms with Crippen LogP contribution in [-0.4, -0.2) is 50.7 Å². The number of nitrogens with one attached hydrogen (secondary N) is 2. The van der Waals surface area contributed by atoms with Crippen molar-refractivity contribution in [2.45, 2.75) is 38.8 Å². The Bertz CT molecular complexity index is 950. The van der Waals surface area contributed by atoms with Crippen molar-refractivity contribution in [3.63, 3.8) is 0 Å². The SMILES string of the molecule is CCC1CN(C(=O)Cc2c[nH]c(=O)[nH]c2=O)CCC(=O)N1Cc1ccccc1. The van der Waals surface area contributed by atoms with Gasteiger partial charge in [-0.15, -0.1) is 0 Å². The predicted octanol–water partition coefficient (Wildman–Crippen LogP) is 0.645. The molecule has 0 radical (unpaired) electrons. The van der Waals surface area contributed by atoms with Gasteiger partial charge in [0, 0.05) is 43.9 Å². The summed E-state index contributed by atoms with van der Waals surface area (Å²) in [5.41, 5.74) is 0.0770. The van der Waals surface area contributed by atoms with E-state index >= 15 is 0 Å². The average Bonchev–Trinajstić information content (AvgIpc) is 2.84. The number of benzene rings is 1. The summed E-state index contributed by atoms with van der Waals surface area (Å²) in [6.07, 6.45) is 2.12. The monoisotopic (exact) mass is 384 g/mol. The van der Waals surface area contributed by atoms with Crippen LogP contribution in [-0.2, 0) is 22.6 Å². The quantitative estimate of drug-likeness (QED) is 0.789. The fraction of sp³-hybridized carbons (Fsp3) is 0.400. The molecule has 1 saturated heterocycles. The first-order valence-corrected chi connectivity index (χ1v) is 9.40. The number of carbonyl (C=O) groups excluding carboxylic acids is 2. The van der Waals surface area contributed by atoms with Gasteiger partial charge in [0.05, 0.1) is 6.42 Å². The van der Waals surface area contributed by atoms with Gasteiger partial charge in [0.2, 0.25) is 11.8 Å². The van der Waals surface area contributed by atoms with E-state index in [-0.39, 0.29) is 36.3 Å².